The highest BCUT2D eigenvalue weighted by atomic mass is 35.5. The van der Waals surface area contributed by atoms with Gasteiger partial charge in [0.1, 0.15) is 10.1 Å². The number of hydrogen-bond acceptors (Lipinski definition) is 6. The summed E-state index contributed by atoms with van der Waals surface area (Å²) in [4.78, 5) is 28.7. The smallest absolute Gasteiger partial charge is 0.395 e. The Morgan fingerprint density at radius 1 is 1.39 bits per heavy atom. The Labute approximate surface area is 105 Å². The van der Waals surface area contributed by atoms with Crippen LogP contribution in [0.5, 0.6) is 0 Å². The summed E-state index contributed by atoms with van der Waals surface area (Å²) in [6.07, 6.45) is 2.50. The summed E-state index contributed by atoms with van der Waals surface area (Å²) in [5.41, 5.74) is 0. The number of amides is 1. The van der Waals surface area contributed by atoms with Crippen molar-refractivity contribution in [3.8, 4) is 0 Å². The van der Waals surface area contributed by atoms with Crippen LogP contribution in [0.15, 0.2) is 28.9 Å². The number of nitrogens with one attached hydrogen (secondary N) is 1. The van der Waals surface area contributed by atoms with Gasteiger partial charge in [0.05, 0.1) is 18.5 Å². The Bertz CT molecular complexity index is 595. The van der Waals surface area contributed by atoms with Crippen molar-refractivity contribution >= 4 is 29.2 Å². The first kappa shape index (κ1) is 12.0. The molecule has 0 saturated carbocycles. The third kappa shape index (κ3) is 2.61. The lowest BCUT2D eigenvalue weighted by molar-refractivity contribution is -0.402. The van der Waals surface area contributed by atoms with Gasteiger partial charge in [0.2, 0.25) is 0 Å². The molecule has 0 bridgehead atoms. The van der Waals surface area contributed by atoms with Gasteiger partial charge in [-0.3, -0.25) is 14.9 Å². The van der Waals surface area contributed by atoms with Crippen LogP contribution in [0.25, 0.3) is 0 Å². The number of nitrogens with zero attached hydrogens (tertiary/aromatic N) is 3. The number of rotatable bonds is 3. The van der Waals surface area contributed by atoms with E-state index in [-0.39, 0.29) is 16.7 Å². The SMILES string of the molecule is O=C(Nc1cnc(Cl)cn1)c1ccc([N+](=O)[O-])o1. The highest BCUT2D eigenvalue weighted by molar-refractivity contribution is 6.29. The fraction of sp³-hybridized carbons (Fsp3) is 0. The van der Waals surface area contributed by atoms with Gasteiger partial charge in [-0.1, -0.05) is 11.6 Å². The molecule has 0 aliphatic carbocycles. The molecule has 0 spiro atoms. The number of anilines is 1. The van der Waals surface area contributed by atoms with Gasteiger partial charge in [0.25, 0.3) is 5.91 Å². The van der Waals surface area contributed by atoms with Crippen molar-refractivity contribution in [1.29, 1.82) is 0 Å². The molecular formula is C9H5ClN4O4. The van der Waals surface area contributed by atoms with E-state index in [1.165, 1.54) is 18.5 Å². The summed E-state index contributed by atoms with van der Waals surface area (Å²) in [6, 6.07) is 2.28. The lowest BCUT2D eigenvalue weighted by Gasteiger charge is -2.00. The van der Waals surface area contributed by atoms with Crippen LogP contribution in [0.1, 0.15) is 10.6 Å². The minimum Gasteiger partial charge on any atom is -0.395 e. The zero-order valence-corrected chi connectivity index (χ0v) is 9.42. The zero-order chi connectivity index (χ0) is 13.1. The van der Waals surface area contributed by atoms with Gasteiger partial charge in [-0.05, 0) is 6.07 Å². The number of nitro groups is 1. The first-order valence-electron chi connectivity index (χ1n) is 4.59. The minimum absolute atomic E-state index is 0.156. The van der Waals surface area contributed by atoms with E-state index in [9.17, 15) is 14.9 Å². The number of aromatic nitrogens is 2. The summed E-state index contributed by atoms with van der Waals surface area (Å²) in [5.74, 6) is -1.22. The molecule has 1 N–H and O–H groups in total. The van der Waals surface area contributed by atoms with Gasteiger partial charge in [0, 0.05) is 0 Å². The third-order valence-electron chi connectivity index (χ3n) is 1.86. The topological polar surface area (TPSA) is 111 Å². The quantitative estimate of drug-likeness (QED) is 0.672. The van der Waals surface area contributed by atoms with Crippen molar-refractivity contribution in [2.24, 2.45) is 0 Å². The Morgan fingerprint density at radius 2 is 2.17 bits per heavy atom. The van der Waals surface area contributed by atoms with Gasteiger partial charge in [-0.15, -0.1) is 0 Å². The molecule has 0 saturated heterocycles. The molecule has 18 heavy (non-hydrogen) atoms. The molecule has 0 aliphatic rings. The minimum atomic E-state index is -0.737. The van der Waals surface area contributed by atoms with Crippen molar-refractivity contribution in [2.75, 3.05) is 5.32 Å². The van der Waals surface area contributed by atoms with Crippen molar-refractivity contribution < 1.29 is 14.1 Å². The van der Waals surface area contributed by atoms with E-state index in [0.717, 1.165) is 6.07 Å². The Morgan fingerprint density at radius 3 is 2.72 bits per heavy atom. The molecule has 0 radical (unpaired) electrons. The molecular weight excluding hydrogens is 264 g/mol. The normalized spacial score (nSPS) is 10.1. The van der Waals surface area contributed by atoms with Gasteiger partial charge >= 0.3 is 5.88 Å². The van der Waals surface area contributed by atoms with Gasteiger partial charge in [0.15, 0.2) is 11.6 Å². The van der Waals surface area contributed by atoms with Gasteiger partial charge in [-0.2, -0.15) is 0 Å². The molecule has 1 amide bonds. The average Bonchev–Trinajstić information content (AvgIpc) is 2.81. The molecule has 9 heteroatoms. The second-order valence-corrected chi connectivity index (χ2v) is 3.46. The van der Waals surface area contributed by atoms with Crippen LogP contribution < -0.4 is 5.32 Å². The Kier molecular flexibility index (Phi) is 3.20. The summed E-state index contributed by atoms with van der Waals surface area (Å²) < 4.78 is 4.72. The molecule has 92 valence electrons. The van der Waals surface area contributed by atoms with Gasteiger partial charge in [-0.25, -0.2) is 9.97 Å². The summed E-state index contributed by atoms with van der Waals surface area (Å²) >= 11 is 5.52. The van der Waals surface area contributed by atoms with Gasteiger partial charge < -0.3 is 9.73 Å². The zero-order valence-electron chi connectivity index (χ0n) is 8.66. The number of furan rings is 1. The Hall–Kier alpha value is -2.48. The predicted molar refractivity (Wildman–Crippen MR) is 60.4 cm³/mol. The van der Waals surface area contributed by atoms with E-state index >= 15 is 0 Å². The van der Waals surface area contributed by atoms with Crippen molar-refractivity contribution in [3.63, 3.8) is 0 Å². The fourth-order valence-corrected chi connectivity index (χ4v) is 1.20. The van der Waals surface area contributed by atoms with Crippen molar-refractivity contribution in [2.45, 2.75) is 0 Å². The lowest BCUT2D eigenvalue weighted by atomic mass is 10.4. The molecule has 2 heterocycles. The van der Waals surface area contributed by atoms with Crippen LogP contribution in [0.3, 0.4) is 0 Å². The Balaban J connectivity index is 2.11. The molecule has 2 rings (SSSR count). The number of halogens is 1. The van der Waals surface area contributed by atoms with Crippen molar-refractivity contribution in [1.82, 2.24) is 9.97 Å². The van der Waals surface area contributed by atoms with Crippen molar-refractivity contribution in [3.05, 3.63) is 45.6 Å². The highest BCUT2D eigenvalue weighted by Crippen LogP contribution is 2.16. The molecule has 0 aliphatic heterocycles. The molecule has 0 atom stereocenters. The molecule has 0 unspecified atom stereocenters. The van der Waals surface area contributed by atoms with Crippen LogP contribution in [0, 0.1) is 10.1 Å². The first-order chi connectivity index (χ1) is 8.56. The second kappa shape index (κ2) is 4.80. The van der Waals surface area contributed by atoms with Crippen LogP contribution in [-0.2, 0) is 0 Å². The van der Waals surface area contributed by atoms with E-state index in [4.69, 9.17) is 16.0 Å². The summed E-state index contributed by atoms with van der Waals surface area (Å²) in [5, 5.41) is 12.9. The maximum absolute atomic E-state index is 11.6. The second-order valence-electron chi connectivity index (χ2n) is 3.07. The molecule has 2 aromatic rings. The molecule has 0 aromatic carbocycles. The van der Waals surface area contributed by atoms with Crippen LogP contribution >= 0.6 is 11.6 Å². The predicted octanol–water partition coefficient (Wildman–Crippen LogP) is 1.88. The van der Waals surface area contributed by atoms with Crippen LogP contribution in [0.2, 0.25) is 5.15 Å². The summed E-state index contributed by atoms with van der Waals surface area (Å²) in [6.45, 7) is 0. The van der Waals surface area contributed by atoms with E-state index in [0.29, 0.717) is 0 Å². The largest absolute Gasteiger partial charge is 0.433 e. The fourth-order valence-electron chi connectivity index (χ4n) is 1.10. The van der Waals surface area contributed by atoms with Crippen LogP contribution in [-0.4, -0.2) is 20.8 Å². The maximum atomic E-state index is 11.6. The lowest BCUT2D eigenvalue weighted by Crippen LogP contribution is -2.12. The van der Waals surface area contributed by atoms with E-state index in [1.807, 2.05) is 0 Å². The highest BCUT2D eigenvalue weighted by Gasteiger charge is 2.17. The van der Waals surface area contributed by atoms with E-state index < -0.39 is 16.7 Å². The third-order valence-corrected chi connectivity index (χ3v) is 2.05. The average molecular weight is 269 g/mol. The molecule has 2 aromatic heterocycles. The first-order valence-corrected chi connectivity index (χ1v) is 4.97. The van der Waals surface area contributed by atoms with E-state index in [2.05, 4.69) is 15.3 Å². The number of carbonyl (C=O) groups excluding carboxylic acids is 1. The number of hydrogen-bond donors (Lipinski definition) is 1. The maximum Gasteiger partial charge on any atom is 0.433 e. The monoisotopic (exact) mass is 268 g/mol. The van der Waals surface area contributed by atoms with Crippen LogP contribution in [0.4, 0.5) is 11.7 Å². The standard InChI is InChI=1S/C9H5ClN4O4/c10-6-3-12-7(4-11-6)13-9(15)5-1-2-8(18-5)14(16)17/h1-4H,(H,12,13,15). The molecule has 8 nitrogen and oxygen atoms in total. The number of carbonyl (C=O) groups is 1. The van der Waals surface area contributed by atoms with E-state index in [1.54, 1.807) is 0 Å². The molecule has 0 fully saturated rings. The summed E-state index contributed by atoms with van der Waals surface area (Å²) in [7, 11) is 0.